The van der Waals surface area contributed by atoms with Crippen molar-refractivity contribution in [3.63, 3.8) is 0 Å². The van der Waals surface area contributed by atoms with Crippen LogP contribution in [0, 0.1) is 0 Å². The van der Waals surface area contributed by atoms with Gasteiger partial charge >= 0.3 is 0 Å². The molecule has 3 heterocycles. The predicted molar refractivity (Wildman–Crippen MR) is 70.0 cm³/mol. The molecule has 0 aromatic carbocycles. The van der Waals surface area contributed by atoms with Crippen molar-refractivity contribution in [1.29, 1.82) is 0 Å². The molecule has 0 amide bonds. The van der Waals surface area contributed by atoms with E-state index >= 15 is 0 Å². The molecule has 0 radical (unpaired) electrons. The van der Waals surface area contributed by atoms with E-state index in [1.807, 2.05) is 41.1 Å². The molecular weight excluding hydrogens is 242 g/mol. The second-order valence-corrected chi connectivity index (χ2v) is 4.01. The number of aromatic nitrogens is 4. The van der Waals surface area contributed by atoms with Gasteiger partial charge in [0.25, 0.3) is 5.89 Å². The standard InChI is InChI=1S/C13H13N5O/c14-6-9-18-8-3-5-11(18)13-16-12(17-19-13)10-4-1-2-7-15-10/h1-5,7-8H,6,9,14H2. The Balaban J connectivity index is 1.95. The molecule has 0 aliphatic carbocycles. The van der Waals surface area contributed by atoms with Crippen molar-refractivity contribution in [1.82, 2.24) is 19.7 Å². The summed E-state index contributed by atoms with van der Waals surface area (Å²) < 4.78 is 7.27. The molecule has 0 saturated carbocycles. The molecule has 0 aliphatic heterocycles. The Morgan fingerprint density at radius 1 is 1.21 bits per heavy atom. The highest BCUT2D eigenvalue weighted by Gasteiger charge is 2.13. The molecule has 0 bridgehead atoms. The van der Waals surface area contributed by atoms with Gasteiger partial charge in [0.05, 0.1) is 0 Å². The zero-order chi connectivity index (χ0) is 13.1. The van der Waals surface area contributed by atoms with Gasteiger partial charge in [0.1, 0.15) is 11.4 Å². The van der Waals surface area contributed by atoms with Crippen molar-refractivity contribution in [3.8, 4) is 23.1 Å². The molecule has 0 unspecified atom stereocenters. The first kappa shape index (κ1) is 11.6. The van der Waals surface area contributed by atoms with Gasteiger partial charge < -0.3 is 14.8 Å². The van der Waals surface area contributed by atoms with Crippen LogP contribution in [0.4, 0.5) is 0 Å². The SMILES string of the molecule is NCCn1cccc1-c1nc(-c2ccccn2)no1. The highest BCUT2D eigenvalue weighted by atomic mass is 16.5. The Bertz CT molecular complexity index is 658. The van der Waals surface area contributed by atoms with Crippen molar-refractivity contribution in [3.05, 3.63) is 42.7 Å². The summed E-state index contributed by atoms with van der Waals surface area (Å²) >= 11 is 0. The van der Waals surface area contributed by atoms with Crippen LogP contribution < -0.4 is 5.73 Å². The van der Waals surface area contributed by atoms with Crippen molar-refractivity contribution in [2.75, 3.05) is 6.54 Å². The summed E-state index contributed by atoms with van der Waals surface area (Å²) in [6, 6.07) is 9.42. The quantitative estimate of drug-likeness (QED) is 0.765. The second-order valence-electron chi connectivity index (χ2n) is 4.01. The number of nitrogens with zero attached hydrogens (tertiary/aromatic N) is 4. The molecule has 3 aromatic heterocycles. The Hall–Kier alpha value is -2.47. The first-order valence-corrected chi connectivity index (χ1v) is 5.99. The lowest BCUT2D eigenvalue weighted by atomic mass is 10.3. The fraction of sp³-hybridized carbons (Fsp3) is 0.154. The third-order valence-electron chi connectivity index (χ3n) is 2.74. The van der Waals surface area contributed by atoms with Crippen molar-refractivity contribution >= 4 is 0 Å². The van der Waals surface area contributed by atoms with Gasteiger partial charge in [-0.2, -0.15) is 4.98 Å². The van der Waals surface area contributed by atoms with Gasteiger partial charge in [-0.15, -0.1) is 0 Å². The van der Waals surface area contributed by atoms with E-state index in [-0.39, 0.29) is 0 Å². The Morgan fingerprint density at radius 3 is 2.95 bits per heavy atom. The summed E-state index contributed by atoms with van der Waals surface area (Å²) in [5.74, 6) is 0.954. The van der Waals surface area contributed by atoms with E-state index in [4.69, 9.17) is 10.3 Å². The Morgan fingerprint density at radius 2 is 2.16 bits per heavy atom. The van der Waals surface area contributed by atoms with Crippen LogP contribution in [0.25, 0.3) is 23.1 Å². The molecule has 0 saturated heterocycles. The molecule has 96 valence electrons. The molecule has 0 aliphatic rings. The van der Waals surface area contributed by atoms with Crippen LogP contribution in [-0.2, 0) is 6.54 Å². The van der Waals surface area contributed by atoms with Crippen LogP contribution in [0.15, 0.2) is 47.2 Å². The maximum absolute atomic E-state index is 5.57. The number of pyridine rings is 1. The van der Waals surface area contributed by atoms with Gasteiger partial charge in [-0.05, 0) is 24.3 Å². The topological polar surface area (TPSA) is 82.8 Å². The Kier molecular flexibility index (Phi) is 3.07. The smallest absolute Gasteiger partial charge is 0.274 e. The van der Waals surface area contributed by atoms with Gasteiger partial charge in [-0.25, -0.2) is 0 Å². The monoisotopic (exact) mass is 255 g/mol. The fourth-order valence-corrected chi connectivity index (χ4v) is 1.87. The van der Waals surface area contributed by atoms with E-state index in [0.29, 0.717) is 30.5 Å². The zero-order valence-electron chi connectivity index (χ0n) is 10.2. The maximum Gasteiger partial charge on any atom is 0.274 e. The van der Waals surface area contributed by atoms with E-state index in [2.05, 4.69) is 15.1 Å². The normalized spacial score (nSPS) is 10.8. The van der Waals surface area contributed by atoms with E-state index in [9.17, 15) is 0 Å². The fourth-order valence-electron chi connectivity index (χ4n) is 1.87. The van der Waals surface area contributed by atoms with Crippen LogP contribution in [0.1, 0.15) is 0 Å². The number of hydrogen-bond donors (Lipinski definition) is 1. The highest BCUT2D eigenvalue weighted by molar-refractivity contribution is 5.54. The minimum Gasteiger partial charge on any atom is -0.342 e. The van der Waals surface area contributed by atoms with Gasteiger partial charge in [0, 0.05) is 25.5 Å². The van der Waals surface area contributed by atoms with E-state index < -0.39 is 0 Å². The van der Waals surface area contributed by atoms with E-state index in [0.717, 1.165) is 5.69 Å². The van der Waals surface area contributed by atoms with E-state index in [1.165, 1.54) is 0 Å². The van der Waals surface area contributed by atoms with Gasteiger partial charge in [0.15, 0.2) is 0 Å². The van der Waals surface area contributed by atoms with Gasteiger partial charge in [-0.1, -0.05) is 11.2 Å². The lowest BCUT2D eigenvalue weighted by Crippen LogP contribution is -2.09. The molecule has 0 fully saturated rings. The lowest BCUT2D eigenvalue weighted by molar-refractivity contribution is 0.428. The van der Waals surface area contributed by atoms with Crippen LogP contribution in [0.2, 0.25) is 0 Å². The summed E-state index contributed by atoms with van der Waals surface area (Å²) in [5.41, 5.74) is 7.12. The molecule has 0 spiro atoms. The van der Waals surface area contributed by atoms with Gasteiger partial charge in [-0.3, -0.25) is 4.98 Å². The third kappa shape index (κ3) is 2.25. The largest absolute Gasteiger partial charge is 0.342 e. The summed E-state index contributed by atoms with van der Waals surface area (Å²) in [6.07, 6.45) is 3.63. The molecule has 6 nitrogen and oxygen atoms in total. The molecule has 2 N–H and O–H groups in total. The van der Waals surface area contributed by atoms with Crippen molar-refractivity contribution in [2.45, 2.75) is 6.54 Å². The first-order valence-electron chi connectivity index (χ1n) is 5.99. The second kappa shape index (κ2) is 5.03. The van der Waals surface area contributed by atoms with E-state index in [1.54, 1.807) is 6.20 Å². The minimum atomic E-state index is 0.471. The third-order valence-corrected chi connectivity index (χ3v) is 2.74. The summed E-state index contributed by atoms with van der Waals surface area (Å²) in [6.45, 7) is 1.27. The van der Waals surface area contributed by atoms with Crippen molar-refractivity contribution in [2.24, 2.45) is 5.73 Å². The molecule has 19 heavy (non-hydrogen) atoms. The molecule has 3 rings (SSSR count). The average Bonchev–Trinajstić information content (AvgIpc) is 3.08. The zero-order valence-corrected chi connectivity index (χ0v) is 10.2. The number of nitrogens with two attached hydrogens (primary N) is 1. The summed E-state index contributed by atoms with van der Waals surface area (Å²) in [4.78, 5) is 8.55. The van der Waals surface area contributed by atoms with Crippen LogP contribution >= 0.6 is 0 Å². The van der Waals surface area contributed by atoms with Crippen LogP contribution in [0.5, 0.6) is 0 Å². The number of hydrogen-bond acceptors (Lipinski definition) is 5. The average molecular weight is 255 g/mol. The predicted octanol–water partition coefficient (Wildman–Crippen LogP) is 1.56. The lowest BCUT2D eigenvalue weighted by Gasteiger charge is -2.02. The van der Waals surface area contributed by atoms with Crippen LogP contribution in [0.3, 0.4) is 0 Å². The Labute approximate surface area is 109 Å². The van der Waals surface area contributed by atoms with Crippen molar-refractivity contribution < 1.29 is 4.52 Å². The maximum atomic E-state index is 5.57. The molecule has 0 atom stereocenters. The minimum absolute atomic E-state index is 0.471. The highest BCUT2D eigenvalue weighted by Crippen LogP contribution is 2.21. The molecule has 3 aromatic rings. The molecular formula is C13H13N5O. The number of rotatable bonds is 4. The van der Waals surface area contributed by atoms with Crippen LogP contribution in [-0.4, -0.2) is 26.2 Å². The molecule has 6 heteroatoms. The first-order chi connectivity index (χ1) is 9.38. The summed E-state index contributed by atoms with van der Waals surface area (Å²) in [5, 5.41) is 3.95. The van der Waals surface area contributed by atoms with Gasteiger partial charge in [0.2, 0.25) is 5.82 Å². The summed E-state index contributed by atoms with van der Waals surface area (Å²) in [7, 11) is 0.